The second-order valence-electron chi connectivity index (χ2n) is 4.98. The summed E-state index contributed by atoms with van der Waals surface area (Å²) >= 11 is 11.1. The number of rotatable bonds is 4. The van der Waals surface area contributed by atoms with Gasteiger partial charge >= 0.3 is 0 Å². The molecule has 3 aromatic rings. The van der Waals surface area contributed by atoms with Crippen LogP contribution < -0.4 is 10.6 Å². The third-order valence-electron chi connectivity index (χ3n) is 3.12. The van der Waals surface area contributed by atoms with Crippen molar-refractivity contribution in [3.8, 4) is 0 Å². The molecule has 0 atom stereocenters. The Kier molecular flexibility index (Phi) is 5.02. The molecule has 122 valence electrons. The van der Waals surface area contributed by atoms with Gasteiger partial charge < -0.3 is 5.32 Å². The third-order valence-corrected chi connectivity index (χ3v) is 3.58. The average Bonchev–Trinajstić information content (AvgIpc) is 2.99. The first kappa shape index (κ1) is 16.4. The van der Waals surface area contributed by atoms with Gasteiger partial charge in [0.15, 0.2) is 5.11 Å². The Morgan fingerprint density at radius 1 is 1.08 bits per heavy atom. The molecule has 0 amide bonds. The van der Waals surface area contributed by atoms with Crippen LogP contribution in [0.5, 0.6) is 0 Å². The summed E-state index contributed by atoms with van der Waals surface area (Å²) in [6.07, 6.45) is 1.58. The summed E-state index contributed by atoms with van der Waals surface area (Å²) in [5.41, 5.74) is 1.73. The first-order chi connectivity index (χ1) is 11.6. The summed E-state index contributed by atoms with van der Waals surface area (Å²) in [5, 5.41) is 11.2. The second-order valence-corrected chi connectivity index (χ2v) is 5.82. The minimum Gasteiger partial charge on any atom is -0.332 e. The van der Waals surface area contributed by atoms with E-state index in [1.807, 2.05) is 12.1 Å². The summed E-state index contributed by atoms with van der Waals surface area (Å²) in [6.45, 7) is 0.492. The van der Waals surface area contributed by atoms with Crippen molar-refractivity contribution >= 4 is 40.6 Å². The Balaban J connectivity index is 1.58. The lowest BCUT2D eigenvalue weighted by atomic mass is 10.2. The second kappa shape index (κ2) is 7.37. The zero-order valence-electron chi connectivity index (χ0n) is 12.4. The predicted molar refractivity (Wildman–Crippen MR) is 96.8 cm³/mol. The van der Waals surface area contributed by atoms with Crippen LogP contribution in [0.2, 0.25) is 5.02 Å². The highest BCUT2D eigenvalue weighted by Crippen LogP contribution is 2.13. The van der Waals surface area contributed by atoms with Crippen LogP contribution >= 0.6 is 23.8 Å². The molecule has 0 aliphatic heterocycles. The van der Waals surface area contributed by atoms with Gasteiger partial charge in [0.2, 0.25) is 5.95 Å². The molecule has 0 radical (unpaired) electrons. The molecular formula is C16H13ClFN5S. The van der Waals surface area contributed by atoms with Gasteiger partial charge in [-0.3, -0.25) is 5.32 Å². The van der Waals surface area contributed by atoms with Crippen molar-refractivity contribution in [2.75, 3.05) is 10.6 Å². The van der Waals surface area contributed by atoms with Crippen LogP contribution in [0.25, 0.3) is 0 Å². The fourth-order valence-corrected chi connectivity index (χ4v) is 2.34. The van der Waals surface area contributed by atoms with E-state index in [4.69, 9.17) is 23.8 Å². The molecule has 0 fully saturated rings. The van der Waals surface area contributed by atoms with Gasteiger partial charge in [0.25, 0.3) is 0 Å². The fraction of sp³-hybridized carbons (Fsp3) is 0.0625. The molecule has 2 aromatic carbocycles. The van der Waals surface area contributed by atoms with E-state index in [-0.39, 0.29) is 5.82 Å². The van der Waals surface area contributed by atoms with Crippen molar-refractivity contribution in [1.29, 1.82) is 0 Å². The van der Waals surface area contributed by atoms with Gasteiger partial charge in [0.1, 0.15) is 12.1 Å². The van der Waals surface area contributed by atoms with Crippen molar-refractivity contribution in [3.63, 3.8) is 0 Å². The van der Waals surface area contributed by atoms with E-state index in [2.05, 4.69) is 20.7 Å². The van der Waals surface area contributed by atoms with E-state index in [1.165, 1.54) is 12.1 Å². The predicted octanol–water partition coefficient (Wildman–Crippen LogP) is 3.93. The minimum absolute atomic E-state index is 0.265. The average molecular weight is 362 g/mol. The molecule has 0 aliphatic rings. The highest BCUT2D eigenvalue weighted by molar-refractivity contribution is 7.80. The van der Waals surface area contributed by atoms with Crippen molar-refractivity contribution in [2.45, 2.75) is 6.54 Å². The molecule has 0 bridgehead atoms. The monoisotopic (exact) mass is 361 g/mol. The molecule has 24 heavy (non-hydrogen) atoms. The molecule has 0 saturated heterocycles. The van der Waals surface area contributed by atoms with Crippen LogP contribution in [0.1, 0.15) is 5.56 Å². The van der Waals surface area contributed by atoms with E-state index in [9.17, 15) is 4.39 Å². The molecule has 0 unspecified atom stereocenters. The highest BCUT2D eigenvalue weighted by atomic mass is 35.5. The number of nitrogens with one attached hydrogen (secondary N) is 2. The molecule has 0 saturated carbocycles. The Bertz CT molecular complexity index is 832. The van der Waals surface area contributed by atoms with Crippen molar-refractivity contribution in [2.24, 2.45) is 0 Å². The van der Waals surface area contributed by atoms with Crippen molar-refractivity contribution in [3.05, 3.63) is 71.3 Å². The number of hydrogen-bond acceptors (Lipinski definition) is 3. The van der Waals surface area contributed by atoms with Crippen LogP contribution in [-0.4, -0.2) is 19.9 Å². The molecule has 3 rings (SSSR count). The van der Waals surface area contributed by atoms with Gasteiger partial charge in [-0.15, -0.1) is 5.10 Å². The zero-order chi connectivity index (χ0) is 16.9. The topological polar surface area (TPSA) is 54.8 Å². The van der Waals surface area contributed by atoms with Crippen LogP contribution in [0.15, 0.2) is 54.9 Å². The van der Waals surface area contributed by atoms with E-state index in [0.717, 1.165) is 11.3 Å². The van der Waals surface area contributed by atoms with Gasteiger partial charge in [-0.05, 0) is 54.2 Å². The van der Waals surface area contributed by atoms with Gasteiger partial charge in [-0.2, -0.15) is 0 Å². The largest absolute Gasteiger partial charge is 0.332 e. The van der Waals surface area contributed by atoms with E-state index in [0.29, 0.717) is 22.6 Å². The summed E-state index contributed by atoms with van der Waals surface area (Å²) < 4.78 is 14.5. The van der Waals surface area contributed by atoms with E-state index < -0.39 is 0 Å². The van der Waals surface area contributed by atoms with Crippen molar-refractivity contribution < 1.29 is 4.39 Å². The van der Waals surface area contributed by atoms with Crippen molar-refractivity contribution in [1.82, 2.24) is 14.8 Å². The molecule has 5 nitrogen and oxygen atoms in total. The van der Waals surface area contributed by atoms with Crippen LogP contribution in [0.4, 0.5) is 16.0 Å². The standard InChI is InChI=1S/C16H13ClFN5S/c17-12-3-7-14(8-4-12)20-16(24)21-15-19-10-23(22-15)9-11-1-5-13(18)6-2-11/h1-8,10H,9H2,(H2,20,21,22,24). The van der Waals surface area contributed by atoms with E-state index in [1.54, 1.807) is 35.3 Å². The van der Waals surface area contributed by atoms with Gasteiger partial charge in [-0.1, -0.05) is 23.7 Å². The Morgan fingerprint density at radius 3 is 2.50 bits per heavy atom. The summed E-state index contributed by atoms with van der Waals surface area (Å²) in [6, 6.07) is 13.4. The summed E-state index contributed by atoms with van der Waals surface area (Å²) in [7, 11) is 0. The summed E-state index contributed by atoms with van der Waals surface area (Å²) in [4.78, 5) is 4.14. The SMILES string of the molecule is Fc1ccc(Cn2cnc(NC(=S)Nc3ccc(Cl)cc3)n2)cc1. The lowest BCUT2D eigenvalue weighted by molar-refractivity contribution is 0.624. The van der Waals surface area contributed by atoms with Crippen LogP contribution in [0.3, 0.4) is 0 Å². The minimum atomic E-state index is -0.265. The Morgan fingerprint density at radius 2 is 1.79 bits per heavy atom. The number of anilines is 2. The lowest BCUT2D eigenvalue weighted by Crippen LogP contribution is -2.20. The molecule has 8 heteroatoms. The van der Waals surface area contributed by atoms with Gasteiger partial charge in [-0.25, -0.2) is 14.1 Å². The number of aromatic nitrogens is 3. The lowest BCUT2D eigenvalue weighted by Gasteiger charge is -2.07. The number of halogens is 2. The zero-order valence-corrected chi connectivity index (χ0v) is 14.0. The van der Waals surface area contributed by atoms with Crippen LogP contribution in [0, 0.1) is 5.82 Å². The maximum atomic E-state index is 12.9. The summed E-state index contributed by atoms with van der Waals surface area (Å²) in [5.74, 6) is 0.113. The van der Waals surface area contributed by atoms with Gasteiger partial charge in [0.05, 0.1) is 6.54 Å². The number of thiocarbonyl (C=S) groups is 1. The highest BCUT2D eigenvalue weighted by Gasteiger charge is 2.05. The Hall–Kier alpha value is -2.51. The maximum Gasteiger partial charge on any atom is 0.248 e. The van der Waals surface area contributed by atoms with E-state index >= 15 is 0 Å². The number of nitrogens with zero attached hydrogens (tertiary/aromatic N) is 3. The first-order valence-corrected chi connectivity index (χ1v) is 7.84. The molecule has 1 heterocycles. The molecular weight excluding hydrogens is 349 g/mol. The maximum absolute atomic E-state index is 12.9. The molecule has 0 aliphatic carbocycles. The number of benzene rings is 2. The number of hydrogen-bond donors (Lipinski definition) is 2. The van der Waals surface area contributed by atoms with Crippen LogP contribution in [-0.2, 0) is 6.54 Å². The quantitative estimate of drug-likeness (QED) is 0.690. The molecule has 1 aromatic heterocycles. The Labute approximate surface area is 148 Å². The normalized spacial score (nSPS) is 10.4. The smallest absolute Gasteiger partial charge is 0.248 e. The third kappa shape index (κ3) is 4.50. The van der Waals surface area contributed by atoms with Gasteiger partial charge in [0, 0.05) is 10.7 Å². The first-order valence-electron chi connectivity index (χ1n) is 7.06. The molecule has 0 spiro atoms. The fourth-order valence-electron chi connectivity index (χ4n) is 2.00. The molecule has 2 N–H and O–H groups in total.